The molecule has 0 aliphatic rings. The van der Waals surface area contributed by atoms with Crippen LogP contribution < -0.4 is 0 Å². The molecule has 2 rings (SSSR count). The van der Waals surface area contributed by atoms with Gasteiger partial charge in [0.25, 0.3) is 0 Å². The summed E-state index contributed by atoms with van der Waals surface area (Å²) in [5, 5.41) is 2.70. The van der Waals surface area contributed by atoms with Gasteiger partial charge in [0.2, 0.25) is 17.1 Å². The lowest BCUT2D eigenvalue weighted by atomic mass is 10.1. The van der Waals surface area contributed by atoms with E-state index in [1.807, 2.05) is 19.3 Å². The number of hydrogen-bond acceptors (Lipinski definition) is 4. The topological polar surface area (TPSA) is 46.1 Å². The van der Waals surface area contributed by atoms with Gasteiger partial charge in [-0.25, -0.2) is 9.97 Å². The van der Waals surface area contributed by atoms with Crippen molar-refractivity contribution < 1.29 is 16.5 Å². The van der Waals surface area contributed by atoms with Gasteiger partial charge in [-0.3, -0.25) is 4.79 Å². The Hall–Kier alpha value is -2.26. The van der Waals surface area contributed by atoms with Gasteiger partial charge in [0.05, 0.1) is 17.1 Å². The molecule has 0 spiro atoms. The summed E-state index contributed by atoms with van der Waals surface area (Å²) in [4.78, 5) is 21.8. The summed E-state index contributed by atoms with van der Waals surface area (Å²) in [5.74, 6) is 0.137. The van der Waals surface area contributed by atoms with Crippen LogP contribution in [0, 0.1) is 6.92 Å². The molecule has 0 aliphatic heterocycles. The highest BCUT2D eigenvalue weighted by Crippen LogP contribution is 2.60. The molecule has 1 heterocycles. The van der Waals surface area contributed by atoms with Gasteiger partial charge in [0.15, 0.2) is 0 Å². The molecule has 1 aromatic heterocycles. The zero-order valence-electron chi connectivity index (χ0n) is 17.3. The highest BCUT2D eigenvalue weighted by molar-refractivity contribution is 8.20. The van der Waals surface area contributed by atoms with Crippen molar-refractivity contribution >= 4 is 28.9 Å². The molecule has 0 N–H and O–H groups in total. The number of benzene rings is 1. The minimum Gasteiger partial charge on any atom is -0.335 e. The number of carbonyl (C=O) groups is 1. The van der Waals surface area contributed by atoms with Gasteiger partial charge in [-0.05, 0) is 43.9 Å². The summed E-state index contributed by atoms with van der Waals surface area (Å²) in [6, 6.07) is 5.00. The number of amides is 1. The molecule has 2 aromatic rings. The molecule has 0 saturated carbocycles. The lowest BCUT2D eigenvalue weighted by Crippen LogP contribution is -2.25. The minimum absolute atomic E-state index is 0.160. The second-order valence-electron chi connectivity index (χ2n) is 6.68. The first kappa shape index (κ1) is 24.0. The third-order valence-electron chi connectivity index (χ3n) is 4.40. The zero-order chi connectivity index (χ0) is 22.5. The van der Waals surface area contributed by atoms with Crippen molar-refractivity contribution in [3.05, 3.63) is 59.3 Å². The van der Waals surface area contributed by atoms with Crippen LogP contribution in [0.25, 0.3) is 11.3 Å². The molecule has 0 unspecified atom stereocenters. The van der Waals surface area contributed by atoms with Crippen LogP contribution in [0.1, 0.15) is 31.7 Å². The molecular weight excluding hydrogens is 431 g/mol. The molecule has 0 atom stereocenters. The highest BCUT2D eigenvalue weighted by atomic mass is 32.3. The van der Waals surface area contributed by atoms with Crippen molar-refractivity contribution in [1.82, 2.24) is 14.9 Å². The van der Waals surface area contributed by atoms with E-state index in [2.05, 4.69) is 23.5 Å². The smallest absolute Gasteiger partial charge is 0.246 e. The monoisotopic (exact) mass is 455 g/mol. The first-order chi connectivity index (χ1) is 14.1. The van der Waals surface area contributed by atoms with E-state index in [1.165, 1.54) is 40.4 Å². The molecule has 9 heteroatoms. The predicted octanol–water partition coefficient (Wildman–Crippen LogP) is 6.82. The summed E-state index contributed by atoms with van der Waals surface area (Å²) in [6.45, 7) is 9.54. The number of nitrogens with zero attached hydrogens (tertiary/aromatic N) is 3. The summed E-state index contributed by atoms with van der Waals surface area (Å²) in [7, 11) is 1.61. The van der Waals surface area contributed by atoms with E-state index in [0.717, 1.165) is 24.1 Å². The number of likely N-dealkylation sites (N-methyl/N-ethyl adjacent to an activating group) is 1. The van der Waals surface area contributed by atoms with Crippen molar-refractivity contribution in [1.29, 1.82) is 0 Å². The first-order valence-corrected chi connectivity index (χ1v) is 11.4. The predicted molar refractivity (Wildman–Crippen MR) is 118 cm³/mol. The van der Waals surface area contributed by atoms with Crippen LogP contribution in [0.3, 0.4) is 0 Å². The minimum atomic E-state index is -5.28. The number of thioether (sulfide) groups is 1. The van der Waals surface area contributed by atoms with Gasteiger partial charge in [-0.15, -0.1) is 11.7 Å². The third kappa shape index (κ3) is 6.12. The van der Waals surface area contributed by atoms with Crippen LogP contribution in [0.15, 0.2) is 57.8 Å². The number of aromatic nitrogens is 2. The van der Waals surface area contributed by atoms with E-state index in [0.29, 0.717) is 22.1 Å². The number of hydrogen-bond donors (Lipinski definition) is 0. The lowest BCUT2D eigenvalue weighted by molar-refractivity contribution is -0.125. The molecule has 0 bridgehead atoms. The standard InChI is InChI=1S/C21H24F3N3OS2/c1-6-14(3)13-29-21-15(4)20(16-8-10-17(11-9-16)30(22,23)24)25-18(26-21)12-27(5)19(28)7-2/h7-11,13H,2,6,12H2,1,3-5H3/b14-13+. The maximum atomic E-state index is 13.0. The van der Waals surface area contributed by atoms with Crippen LogP contribution in [0.2, 0.25) is 0 Å². The Morgan fingerprint density at radius 2 is 1.87 bits per heavy atom. The van der Waals surface area contributed by atoms with Crippen molar-refractivity contribution in [2.24, 2.45) is 0 Å². The quantitative estimate of drug-likeness (QED) is 0.249. The Labute approximate surface area is 181 Å². The number of allylic oxidation sites excluding steroid dienone is 1. The van der Waals surface area contributed by atoms with Gasteiger partial charge in [-0.2, -0.15) is 0 Å². The second kappa shape index (κ2) is 10.2. The number of rotatable bonds is 8. The molecule has 0 aliphatic carbocycles. The molecule has 1 aromatic carbocycles. The summed E-state index contributed by atoms with van der Waals surface area (Å²) in [5.41, 5.74) is 3.07. The van der Waals surface area contributed by atoms with Crippen molar-refractivity contribution in [2.75, 3.05) is 7.05 Å². The van der Waals surface area contributed by atoms with Crippen molar-refractivity contribution in [3.63, 3.8) is 0 Å². The molecule has 30 heavy (non-hydrogen) atoms. The van der Waals surface area contributed by atoms with Crippen molar-refractivity contribution in [2.45, 2.75) is 43.7 Å². The maximum absolute atomic E-state index is 13.0. The summed E-state index contributed by atoms with van der Waals surface area (Å²) >= 11 is -3.84. The van der Waals surface area contributed by atoms with Crippen LogP contribution in [-0.4, -0.2) is 27.8 Å². The fraction of sp³-hybridized carbons (Fsp3) is 0.286. The van der Waals surface area contributed by atoms with E-state index in [4.69, 9.17) is 0 Å². The number of halogens is 3. The molecule has 0 fully saturated rings. The van der Waals surface area contributed by atoms with Gasteiger partial charge in [0, 0.05) is 18.2 Å². The van der Waals surface area contributed by atoms with E-state index >= 15 is 0 Å². The van der Waals surface area contributed by atoms with Crippen LogP contribution in [0.4, 0.5) is 11.7 Å². The first-order valence-electron chi connectivity index (χ1n) is 9.16. The van der Waals surface area contributed by atoms with Crippen molar-refractivity contribution in [3.8, 4) is 11.3 Å². The van der Waals surface area contributed by atoms with E-state index in [-0.39, 0.29) is 12.5 Å². The zero-order valence-corrected chi connectivity index (χ0v) is 18.9. The molecule has 1 amide bonds. The Kier molecular flexibility index (Phi) is 8.14. The van der Waals surface area contributed by atoms with Crippen LogP contribution in [0.5, 0.6) is 0 Å². The summed E-state index contributed by atoms with van der Waals surface area (Å²) in [6.07, 6.45) is 2.10. The van der Waals surface area contributed by atoms with Gasteiger partial charge in [-0.1, -0.05) is 43.0 Å². The fourth-order valence-corrected chi connectivity index (χ4v) is 3.82. The lowest BCUT2D eigenvalue weighted by Gasteiger charge is -2.17. The average Bonchev–Trinajstić information content (AvgIpc) is 2.72. The Bertz CT molecular complexity index is 957. The van der Waals surface area contributed by atoms with Crippen LogP contribution in [-0.2, 0) is 11.3 Å². The summed E-state index contributed by atoms with van der Waals surface area (Å²) < 4.78 is 39.0. The van der Waals surface area contributed by atoms with Gasteiger partial charge < -0.3 is 4.90 Å². The largest absolute Gasteiger partial charge is 0.335 e. The average molecular weight is 456 g/mol. The molecule has 0 saturated heterocycles. The Morgan fingerprint density at radius 3 is 2.40 bits per heavy atom. The van der Waals surface area contributed by atoms with Crippen LogP contribution >= 0.6 is 22.9 Å². The van der Waals surface area contributed by atoms with Gasteiger partial charge in [0.1, 0.15) is 10.9 Å². The Balaban J connectivity index is 2.52. The molecule has 0 radical (unpaired) electrons. The Morgan fingerprint density at radius 1 is 1.23 bits per heavy atom. The third-order valence-corrected chi connectivity index (χ3v) is 6.35. The maximum Gasteiger partial charge on any atom is 0.246 e. The van der Waals surface area contributed by atoms with E-state index in [9.17, 15) is 16.5 Å². The molecular formula is C21H24F3N3OS2. The van der Waals surface area contributed by atoms with E-state index in [1.54, 1.807) is 7.05 Å². The number of carbonyl (C=O) groups excluding carboxylic acids is 1. The van der Waals surface area contributed by atoms with Gasteiger partial charge >= 0.3 is 0 Å². The SMILES string of the molecule is C=CC(=O)N(C)Cc1nc(S/C=C(\C)CC)c(C)c(-c2ccc(S(F)(F)F)cc2)n1. The molecule has 4 nitrogen and oxygen atoms in total. The fourth-order valence-electron chi connectivity index (χ4n) is 2.46. The molecule has 162 valence electrons. The highest BCUT2D eigenvalue weighted by Gasteiger charge is 2.24. The van der Waals surface area contributed by atoms with E-state index < -0.39 is 16.1 Å². The normalized spacial score (nSPS) is 12.6. The second-order valence-corrected chi connectivity index (χ2v) is 8.83.